The van der Waals surface area contributed by atoms with Crippen molar-refractivity contribution >= 4 is 42.4 Å². The van der Waals surface area contributed by atoms with Gasteiger partial charge >= 0.3 is 0 Å². The maximum atomic E-state index is 12.7. The van der Waals surface area contributed by atoms with Crippen LogP contribution in [-0.4, -0.2) is 79.3 Å². The predicted octanol–water partition coefficient (Wildman–Crippen LogP) is 1.82. The molecule has 0 atom stereocenters. The van der Waals surface area contributed by atoms with Crippen LogP contribution in [0.2, 0.25) is 0 Å². The number of anilines is 1. The highest BCUT2D eigenvalue weighted by Crippen LogP contribution is 2.28. The predicted molar refractivity (Wildman–Crippen MR) is 141 cm³/mol. The topological polar surface area (TPSA) is 122 Å². The molecule has 1 aliphatic heterocycles. The summed E-state index contributed by atoms with van der Waals surface area (Å²) in [5, 5.41) is 4.26. The molecular formula is C25H29N3O7S2. The van der Waals surface area contributed by atoms with Crippen LogP contribution < -0.4 is 14.4 Å². The molecule has 0 spiro atoms. The summed E-state index contributed by atoms with van der Waals surface area (Å²) in [5.41, 5.74) is 0.430. The Hall–Kier alpha value is -3.19. The van der Waals surface area contributed by atoms with Gasteiger partial charge in [0.2, 0.25) is 26.0 Å². The fraction of sp³-hybridized carbons (Fsp3) is 0.320. The highest BCUT2D eigenvalue weighted by Gasteiger charge is 2.26. The summed E-state index contributed by atoms with van der Waals surface area (Å²) in [5.74, 6) is -0.0300. The molecule has 1 fully saturated rings. The molecule has 1 N–H and O–H groups in total. The van der Waals surface area contributed by atoms with Gasteiger partial charge in [-0.05, 0) is 35.7 Å². The van der Waals surface area contributed by atoms with E-state index in [1.165, 1.54) is 16.4 Å². The quantitative estimate of drug-likeness (QED) is 0.384. The number of rotatable bonds is 10. The van der Waals surface area contributed by atoms with Crippen LogP contribution in [0.1, 0.15) is 0 Å². The Kier molecular flexibility index (Phi) is 8.32. The second-order valence-corrected chi connectivity index (χ2v) is 12.3. The van der Waals surface area contributed by atoms with Gasteiger partial charge in [-0.15, -0.1) is 0 Å². The number of carbonyl (C=O) groups excluding carboxylic acids is 1. The molecular weight excluding hydrogens is 518 g/mol. The van der Waals surface area contributed by atoms with E-state index in [-0.39, 0.29) is 24.6 Å². The van der Waals surface area contributed by atoms with E-state index in [9.17, 15) is 21.6 Å². The fourth-order valence-electron chi connectivity index (χ4n) is 4.00. The van der Waals surface area contributed by atoms with Crippen molar-refractivity contribution in [1.29, 1.82) is 0 Å². The van der Waals surface area contributed by atoms with Crippen molar-refractivity contribution in [3.63, 3.8) is 0 Å². The van der Waals surface area contributed by atoms with Gasteiger partial charge in [-0.3, -0.25) is 9.10 Å². The number of hydrogen-bond donors (Lipinski definition) is 1. The number of sulfonamides is 2. The lowest BCUT2D eigenvalue weighted by molar-refractivity contribution is -0.119. The van der Waals surface area contributed by atoms with Crippen LogP contribution in [0.15, 0.2) is 71.6 Å². The Morgan fingerprint density at radius 1 is 0.973 bits per heavy atom. The number of morpholine rings is 1. The normalized spacial score (nSPS) is 14.8. The minimum absolute atomic E-state index is 0.119. The molecule has 0 radical (unpaired) electrons. The third-order valence-electron chi connectivity index (χ3n) is 5.85. The van der Waals surface area contributed by atoms with Gasteiger partial charge in [0.05, 0.1) is 36.6 Å². The average Bonchev–Trinajstić information content (AvgIpc) is 2.90. The zero-order chi connectivity index (χ0) is 26.5. The zero-order valence-corrected chi connectivity index (χ0v) is 22.0. The number of benzene rings is 3. The summed E-state index contributed by atoms with van der Waals surface area (Å²) in [4.78, 5) is 12.7. The smallest absolute Gasteiger partial charge is 0.243 e. The first kappa shape index (κ1) is 26.9. The third-order valence-corrected chi connectivity index (χ3v) is 8.89. The molecule has 12 heteroatoms. The first-order valence-electron chi connectivity index (χ1n) is 11.7. The average molecular weight is 548 g/mol. The maximum absolute atomic E-state index is 12.7. The Morgan fingerprint density at radius 2 is 1.65 bits per heavy atom. The lowest BCUT2D eigenvalue weighted by Crippen LogP contribution is -2.41. The van der Waals surface area contributed by atoms with Gasteiger partial charge in [-0.2, -0.15) is 4.31 Å². The molecule has 3 aromatic rings. The third kappa shape index (κ3) is 6.58. The van der Waals surface area contributed by atoms with Crippen LogP contribution in [0, 0.1) is 0 Å². The number of nitrogens with one attached hydrogen (secondary N) is 1. The number of carbonyl (C=O) groups is 1. The fourth-order valence-corrected chi connectivity index (χ4v) is 6.27. The Labute approximate surface area is 216 Å². The van der Waals surface area contributed by atoms with E-state index in [1.54, 1.807) is 24.3 Å². The van der Waals surface area contributed by atoms with Crippen LogP contribution in [0.4, 0.5) is 5.69 Å². The van der Waals surface area contributed by atoms with Gasteiger partial charge in [0.15, 0.2) is 0 Å². The number of fused-ring (bicyclic) bond motifs is 1. The minimum atomic E-state index is -3.72. The van der Waals surface area contributed by atoms with Crippen molar-refractivity contribution in [3.05, 3.63) is 66.7 Å². The lowest BCUT2D eigenvalue weighted by atomic mass is 10.1. The van der Waals surface area contributed by atoms with E-state index in [1.807, 2.05) is 30.3 Å². The molecule has 0 bridgehead atoms. The van der Waals surface area contributed by atoms with Crippen molar-refractivity contribution in [1.82, 2.24) is 9.62 Å². The highest BCUT2D eigenvalue weighted by atomic mass is 32.2. The minimum Gasteiger partial charge on any atom is -0.492 e. The molecule has 1 aliphatic rings. The SMILES string of the molecule is CS(=O)(=O)N(CC(=O)NCCOc1ccc(S(=O)(=O)N2CCOCC2)cc1)c1cccc2ccccc12. The number of amides is 1. The second-order valence-electron chi connectivity index (χ2n) is 8.45. The first-order chi connectivity index (χ1) is 17.7. The van der Waals surface area contributed by atoms with Crippen molar-refractivity contribution < 1.29 is 31.1 Å². The molecule has 10 nitrogen and oxygen atoms in total. The standard InChI is InChI=1S/C25H29N3O7S2/c1-36(30,31)28(24-8-4-6-20-5-2-3-7-23(20)24)19-25(29)26-13-16-35-21-9-11-22(12-10-21)37(32,33)27-14-17-34-18-15-27/h2-12H,13-19H2,1H3,(H,26,29). The van der Waals surface area contributed by atoms with Gasteiger partial charge in [0, 0.05) is 18.5 Å². The lowest BCUT2D eigenvalue weighted by Gasteiger charge is -2.26. The monoisotopic (exact) mass is 547 g/mol. The van der Waals surface area contributed by atoms with Crippen LogP contribution in [-0.2, 0) is 29.6 Å². The van der Waals surface area contributed by atoms with Crippen molar-refractivity contribution in [2.24, 2.45) is 0 Å². The van der Waals surface area contributed by atoms with Crippen molar-refractivity contribution in [2.75, 3.05) is 56.6 Å². The highest BCUT2D eigenvalue weighted by molar-refractivity contribution is 7.92. The molecule has 0 unspecified atom stereocenters. The summed E-state index contributed by atoms with van der Waals surface area (Å²) in [6, 6.07) is 18.7. The molecule has 1 heterocycles. The van der Waals surface area contributed by atoms with Crippen LogP contribution in [0.25, 0.3) is 10.8 Å². The van der Waals surface area contributed by atoms with Gasteiger partial charge in [0.25, 0.3) is 0 Å². The summed E-state index contributed by atoms with van der Waals surface area (Å²) in [7, 11) is -7.31. The van der Waals surface area contributed by atoms with E-state index in [0.29, 0.717) is 37.7 Å². The molecule has 3 aromatic carbocycles. The Balaban J connectivity index is 1.31. The van der Waals surface area contributed by atoms with Crippen molar-refractivity contribution in [3.8, 4) is 5.75 Å². The molecule has 0 saturated carbocycles. The Bertz CT molecular complexity index is 1450. The van der Waals surface area contributed by atoms with E-state index < -0.39 is 26.0 Å². The summed E-state index contributed by atoms with van der Waals surface area (Å²) < 4.78 is 63.7. The second kappa shape index (κ2) is 11.5. The molecule has 198 valence electrons. The van der Waals surface area contributed by atoms with Crippen LogP contribution >= 0.6 is 0 Å². The zero-order valence-electron chi connectivity index (χ0n) is 20.4. The molecule has 4 rings (SSSR count). The van der Waals surface area contributed by atoms with Gasteiger partial charge < -0.3 is 14.8 Å². The molecule has 37 heavy (non-hydrogen) atoms. The molecule has 0 aliphatic carbocycles. The Morgan fingerprint density at radius 3 is 2.35 bits per heavy atom. The van der Waals surface area contributed by atoms with E-state index in [4.69, 9.17) is 9.47 Å². The van der Waals surface area contributed by atoms with Crippen LogP contribution in [0.3, 0.4) is 0 Å². The number of nitrogens with zero attached hydrogens (tertiary/aromatic N) is 2. The molecule has 0 aromatic heterocycles. The number of hydrogen-bond acceptors (Lipinski definition) is 7. The first-order valence-corrected chi connectivity index (χ1v) is 15.0. The summed E-state index contributed by atoms with van der Waals surface area (Å²) >= 11 is 0. The molecule has 1 amide bonds. The summed E-state index contributed by atoms with van der Waals surface area (Å²) in [6.45, 7) is 1.26. The molecule has 1 saturated heterocycles. The summed E-state index contributed by atoms with van der Waals surface area (Å²) in [6.07, 6.45) is 1.06. The van der Waals surface area contributed by atoms with E-state index in [2.05, 4.69) is 5.32 Å². The van der Waals surface area contributed by atoms with Gasteiger partial charge in [0.1, 0.15) is 18.9 Å². The largest absolute Gasteiger partial charge is 0.492 e. The van der Waals surface area contributed by atoms with E-state index in [0.717, 1.165) is 21.3 Å². The maximum Gasteiger partial charge on any atom is 0.243 e. The van der Waals surface area contributed by atoms with Crippen LogP contribution in [0.5, 0.6) is 5.75 Å². The number of ether oxygens (including phenoxy) is 2. The van der Waals surface area contributed by atoms with Gasteiger partial charge in [-0.1, -0.05) is 36.4 Å². The van der Waals surface area contributed by atoms with Gasteiger partial charge in [-0.25, -0.2) is 16.8 Å². The van der Waals surface area contributed by atoms with E-state index >= 15 is 0 Å². The van der Waals surface area contributed by atoms with Crippen molar-refractivity contribution in [2.45, 2.75) is 4.90 Å².